The van der Waals surface area contributed by atoms with Crippen molar-refractivity contribution in [3.63, 3.8) is 0 Å². The van der Waals surface area contributed by atoms with Crippen molar-refractivity contribution in [2.45, 2.75) is 25.3 Å². The summed E-state index contributed by atoms with van der Waals surface area (Å²) in [4.78, 5) is 23.4. The molecule has 0 bridgehead atoms. The summed E-state index contributed by atoms with van der Waals surface area (Å²) < 4.78 is 0. The Hall–Kier alpha value is -2.08. The van der Waals surface area contributed by atoms with Crippen molar-refractivity contribution < 1.29 is 19.8 Å². The molecular weight excluding hydrogens is 272 g/mol. The van der Waals surface area contributed by atoms with E-state index in [1.807, 2.05) is 0 Å². The molecule has 1 amide bonds. The molecule has 6 nitrogen and oxygen atoms in total. The highest BCUT2D eigenvalue weighted by atomic mass is 16.4. The van der Waals surface area contributed by atoms with E-state index >= 15 is 0 Å². The van der Waals surface area contributed by atoms with Gasteiger partial charge in [0.15, 0.2) is 0 Å². The number of carboxylic acids is 1. The molecule has 1 atom stereocenters. The van der Waals surface area contributed by atoms with E-state index in [0.29, 0.717) is 0 Å². The first-order valence-electron chi connectivity index (χ1n) is 7.08. The lowest BCUT2D eigenvalue weighted by molar-refractivity contribution is -0.142. The molecule has 0 radical (unpaired) electrons. The number of nitrogens with one attached hydrogen (secondary N) is 2. The lowest BCUT2D eigenvalue weighted by atomic mass is 9.96. The molecule has 2 rings (SSSR count). The monoisotopic (exact) mass is 292 g/mol. The van der Waals surface area contributed by atoms with Crippen molar-refractivity contribution in [1.82, 2.24) is 10.6 Å². The third-order valence-corrected chi connectivity index (χ3v) is 3.70. The minimum atomic E-state index is -1.05. The normalized spacial score (nSPS) is 17.1. The molecule has 1 aromatic carbocycles. The molecule has 1 aliphatic heterocycles. The van der Waals surface area contributed by atoms with Crippen molar-refractivity contribution in [1.29, 1.82) is 0 Å². The van der Waals surface area contributed by atoms with Gasteiger partial charge >= 0.3 is 5.97 Å². The van der Waals surface area contributed by atoms with Crippen LogP contribution in [-0.4, -0.2) is 41.2 Å². The summed E-state index contributed by atoms with van der Waals surface area (Å²) >= 11 is 0. The first-order valence-corrected chi connectivity index (χ1v) is 7.08. The maximum absolute atomic E-state index is 12.1. The number of phenolic OH excluding ortho intramolecular Hbond substituents is 1. The SMILES string of the molecule is O=C(N[C@@H](Cc1ccc(O)cc1)C(=O)O)C1CCNCC1. The highest BCUT2D eigenvalue weighted by molar-refractivity contribution is 5.85. The molecule has 1 aromatic rings. The van der Waals surface area contributed by atoms with Gasteiger partial charge in [-0.05, 0) is 43.6 Å². The topological polar surface area (TPSA) is 98.7 Å². The fourth-order valence-electron chi connectivity index (χ4n) is 2.44. The number of rotatable bonds is 5. The van der Waals surface area contributed by atoms with Crippen molar-refractivity contribution in [2.75, 3.05) is 13.1 Å². The van der Waals surface area contributed by atoms with Gasteiger partial charge in [0, 0.05) is 12.3 Å². The van der Waals surface area contributed by atoms with Crippen LogP contribution in [0.3, 0.4) is 0 Å². The zero-order valence-corrected chi connectivity index (χ0v) is 11.7. The largest absolute Gasteiger partial charge is 0.508 e. The Kier molecular flexibility index (Phi) is 5.16. The predicted molar refractivity (Wildman–Crippen MR) is 77.0 cm³/mol. The number of carboxylic acid groups (broad SMARTS) is 1. The summed E-state index contributed by atoms with van der Waals surface area (Å²) in [6, 6.07) is 5.37. The van der Waals surface area contributed by atoms with Gasteiger partial charge < -0.3 is 20.8 Å². The second-order valence-electron chi connectivity index (χ2n) is 5.29. The molecule has 1 saturated heterocycles. The van der Waals surface area contributed by atoms with E-state index < -0.39 is 12.0 Å². The number of benzene rings is 1. The van der Waals surface area contributed by atoms with E-state index in [-0.39, 0.29) is 24.0 Å². The molecule has 1 heterocycles. The van der Waals surface area contributed by atoms with Crippen molar-refractivity contribution >= 4 is 11.9 Å². The average molecular weight is 292 g/mol. The van der Waals surface area contributed by atoms with Crippen molar-refractivity contribution in [3.05, 3.63) is 29.8 Å². The molecular formula is C15H20N2O4. The van der Waals surface area contributed by atoms with Gasteiger partial charge in [0.2, 0.25) is 5.91 Å². The van der Waals surface area contributed by atoms with Gasteiger partial charge in [0.1, 0.15) is 11.8 Å². The fourth-order valence-corrected chi connectivity index (χ4v) is 2.44. The number of piperidine rings is 1. The van der Waals surface area contributed by atoms with Crippen LogP contribution in [0, 0.1) is 5.92 Å². The summed E-state index contributed by atoms with van der Waals surface area (Å²) in [7, 11) is 0. The Morgan fingerprint density at radius 3 is 2.43 bits per heavy atom. The number of aliphatic carboxylic acids is 1. The zero-order chi connectivity index (χ0) is 15.2. The molecule has 4 N–H and O–H groups in total. The molecule has 21 heavy (non-hydrogen) atoms. The van der Waals surface area contributed by atoms with Crippen LogP contribution >= 0.6 is 0 Å². The third kappa shape index (κ3) is 4.46. The molecule has 1 aliphatic rings. The van der Waals surface area contributed by atoms with Crippen LogP contribution in [-0.2, 0) is 16.0 Å². The number of phenols is 1. The summed E-state index contributed by atoms with van der Waals surface area (Å²) in [6.07, 6.45) is 1.67. The quantitative estimate of drug-likeness (QED) is 0.633. The second kappa shape index (κ2) is 7.08. The van der Waals surface area contributed by atoms with Crippen LogP contribution in [0.25, 0.3) is 0 Å². The molecule has 0 aliphatic carbocycles. The number of carbonyl (C=O) groups is 2. The Balaban J connectivity index is 1.96. The molecule has 0 spiro atoms. The molecule has 1 fully saturated rings. The van der Waals surface area contributed by atoms with E-state index in [1.54, 1.807) is 12.1 Å². The van der Waals surface area contributed by atoms with E-state index in [1.165, 1.54) is 12.1 Å². The standard InChI is InChI=1S/C15H20N2O4/c18-12-3-1-10(2-4-12)9-13(15(20)21)17-14(19)11-5-7-16-8-6-11/h1-4,11,13,16,18H,5-9H2,(H,17,19)(H,20,21)/t13-/m0/s1. The Morgan fingerprint density at radius 1 is 1.24 bits per heavy atom. The molecule has 0 saturated carbocycles. The van der Waals surface area contributed by atoms with Gasteiger partial charge in [-0.25, -0.2) is 4.79 Å². The van der Waals surface area contributed by atoms with Crippen molar-refractivity contribution in [2.24, 2.45) is 5.92 Å². The number of hydrogen-bond acceptors (Lipinski definition) is 4. The predicted octanol–water partition coefficient (Wildman–Crippen LogP) is 0.504. The minimum absolute atomic E-state index is 0.118. The summed E-state index contributed by atoms with van der Waals surface area (Å²) in [5, 5.41) is 24.3. The molecule has 0 unspecified atom stereocenters. The Bertz CT molecular complexity index is 495. The van der Waals surface area contributed by atoms with Crippen LogP contribution in [0.5, 0.6) is 5.75 Å². The van der Waals surface area contributed by atoms with Crippen LogP contribution in [0.4, 0.5) is 0 Å². The first kappa shape index (κ1) is 15.3. The zero-order valence-electron chi connectivity index (χ0n) is 11.7. The minimum Gasteiger partial charge on any atom is -0.508 e. The van der Waals surface area contributed by atoms with Crippen LogP contribution in [0.1, 0.15) is 18.4 Å². The van der Waals surface area contributed by atoms with E-state index in [0.717, 1.165) is 31.5 Å². The van der Waals surface area contributed by atoms with Crippen LogP contribution in [0.15, 0.2) is 24.3 Å². The number of amides is 1. The van der Waals surface area contributed by atoms with Crippen molar-refractivity contribution in [3.8, 4) is 5.75 Å². The number of hydrogen-bond donors (Lipinski definition) is 4. The van der Waals surface area contributed by atoms with Gasteiger partial charge in [-0.15, -0.1) is 0 Å². The molecule has 0 aromatic heterocycles. The van der Waals surface area contributed by atoms with Gasteiger partial charge in [-0.3, -0.25) is 4.79 Å². The maximum atomic E-state index is 12.1. The van der Waals surface area contributed by atoms with Gasteiger partial charge in [0.05, 0.1) is 0 Å². The van der Waals surface area contributed by atoms with E-state index in [9.17, 15) is 19.8 Å². The fraction of sp³-hybridized carbons (Fsp3) is 0.467. The molecule has 114 valence electrons. The first-order chi connectivity index (χ1) is 10.1. The second-order valence-corrected chi connectivity index (χ2v) is 5.29. The smallest absolute Gasteiger partial charge is 0.326 e. The van der Waals surface area contributed by atoms with Crippen LogP contribution < -0.4 is 10.6 Å². The average Bonchev–Trinajstić information content (AvgIpc) is 2.49. The summed E-state index contributed by atoms with van der Waals surface area (Å²) in [5.74, 6) is -1.23. The van der Waals surface area contributed by atoms with Gasteiger partial charge in [0.25, 0.3) is 0 Å². The number of carbonyl (C=O) groups excluding carboxylic acids is 1. The van der Waals surface area contributed by atoms with Crippen LogP contribution in [0.2, 0.25) is 0 Å². The summed E-state index contributed by atoms with van der Waals surface area (Å²) in [6.45, 7) is 1.57. The lowest BCUT2D eigenvalue weighted by Crippen LogP contribution is -2.46. The molecule has 6 heteroatoms. The third-order valence-electron chi connectivity index (χ3n) is 3.70. The Morgan fingerprint density at radius 2 is 1.86 bits per heavy atom. The highest BCUT2D eigenvalue weighted by Crippen LogP contribution is 2.14. The van der Waals surface area contributed by atoms with Gasteiger partial charge in [-0.1, -0.05) is 12.1 Å². The Labute approximate surface area is 123 Å². The van der Waals surface area contributed by atoms with Gasteiger partial charge in [-0.2, -0.15) is 0 Å². The summed E-state index contributed by atoms with van der Waals surface area (Å²) in [5.41, 5.74) is 0.755. The number of aromatic hydroxyl groups is 1. The highest BCUT2D eigenvalue weighted by Gasteiger charge is 2.26. The van der Waals surface area contributed by atoms with E-state index in [2.05, 4.69) is 10.6 Å². The lowest BCUT2D eigenvalue weighted by Gasteiger charge is -2.24. The maximum Gasteiger partial charge on any atom is 0.326 e. The van der Waals surface area contributed by atoms with E-state index in [4.69, 9.17) is 0 Å².